The van der Waals surface area contributed by atoms with E-state index in [-0.39, 0.29) is 55.3 Å². The number of amides is 8. The lowest BCUT2D eigenvalue weighted by atomic mass is 10.0. The molecular formula is C84H83BrF2N20O8. The third-order valence-electron chi connectivity index (χ3n) is 23.8. The molecule has 31 heteroatoms. The number of anilines is 4. The van der Waals surface area contributed by atoms with Gasteiger partial charge in [-0.05, 0) is 158 Å². The van der Waals surface area contributed by atoms with E-state index >= 15 is 0 Å². The zero-order chi connectivity index (χ0) is 78.7. The number of rotatable bonds is 15. The fourth-order valence-electron chi connectivity index (χ4n) is 17.6. The van der Waals surface area contributed by atoms with Crippen LogP contribution in [-0.2, 0) is 31.1 Å². The van der Waals surface area contributed by atoms with Crippen molar-refractivity contribution in [2.45, 2.75) is 99.5 Å². The monoisotopic (exact) mass is 1620 g/mol. The highest BCUT2D eigenvalue weighted by Crippen LogP contribution is 2.40. The number of fused-ring (bicyclic) bond motifs is 4. The molecule has 8 amide bonds. The summed E-state index contributed by atoms with van der Waals surface area (Å²) < 4.78 is 31.8. The average molecular weight is 1620 g/mol. The number of carbonyl (C=O) groups excluding carboxylic acids is 8. The van der Waals surface area contributed by atoms with E-state index in [4.69, 9.17) is 20.2 Å². The summed E-state index contributed by atoms with van der Waals surface area (Å²) in [6, 6.07) is 43.8. The minimum atomic E-state index is -0.970. The molecule has 588 valence electrons. The predicted octanol–water partition coefficient (Wildman–Crippen LogP) is 8.03. The van der Waals surface area contributed by atoms with Gasteiger partial charge in [-0.2, -0.15) is 0 Å². The summed E-state index contributed by atoms with van der Waals surface area (Å²) in [5.74, 6) is -0.713. The van der Waals surface area contributed by atoms with Gasteiger partial charge in [-0.15, -0.1) is 10.2 Å². The molecule has 115 heavy (non-hydrogen) atoms. The van der Waals surface area contributed by atoms with Gasteiger partial charge in [0, 0.05) is 128 Å². The lowest BCUT2D eigenvalue weighted by Gasteiger charge is -2.48. The van der Waals surface area contributed by atoms with Gasteiger partial charge in [-0.25, -0.2) is 37.7 Å². The molecule has 0 bridgehead atoms. The molecule has 3 N–H and O–H groups in total. The molecule has 28 nitrogen and oxygen atoms in total. The highest BCUT2D eigenvalue weighted by Gasteiger charge is 2.47. The molecular weight excluding hydrogens is 1530 g/mol. The van der Waals surface area contributed by atoms with Crippen LogP contribution in [0.4, 0.5) is 32.1 Å². The molecule has 8 fully saturated rings. The third kappa shape index (κ3) is 14.8. The largest absolute Gasteiger partial charge is 0.354 e. The van der Waals surface area contributed by atoms with Crippen LogP contribution in [0.3, 0.4) is 0 Å². The summed E-state index contributed by atoms with van der Waals surface area (Å²) in [4.78, 5) is 136. The number of pyridine rings is 2. The molecule has 10 aromatic rings. The zero-order valence-electron chi connectivity index (χ0n) is 62.9. The number of likely N-dealkylation sites (tertiary alicyclic amines) is 1. The Morgan fingerprint density at radius 2 is 0.887 bits per heavy atom. The van der Waals surface area contributed by atoms with Crippen molar-refractivity contribution in [1.82, 2.24) is 79.6 Å². The summed E-state index contributed by atoms with van der Waals surface area (Å²) in [7, 11) is 0. The number of halogens is 3. The molecule has 0 saturated carbocycles. The molecule has 0 spiro atoms. The van der Waals surface area contributed by atoms with Gasteiger partial charge in [0.1, 0.15) is 58.4 Å². The number of piperidine rings is 2. The van der Waals surface area contributed by atoms with Gasteiger partial charge < -0.3 is 24.9 Å². The Morgan fingerprint density at radius 1 is 0.435 bits per heavy atom. The van der Waals surface area contributed by atoms with Gasteiger partial charge in [0.25, 0.3) is 23.6 Å². The van der Waals surface area contributed by atoms with Crippen molar-refractivity contribution < 1.29 is 47.1 Å². The Labute approximate surface area is 668 Å². The van der Waals surface area contributed by atoms with Crippen LogP contribution in [0.1, 0.15) is 127 Å². The van der Waals surface area contributed by atoms with Gasteiger partial charge in [0.2, 0.25) is 23.6 Å². The number of hydrogen-bond donors (Lipinski definition) is 3. The van der Waals surface area contributed by atoms with Crippen LogP contribution in [-0.4, -0.2) is 227 Å². The van der Waals surface area contributed by atoms with Gasteiger partial charge in [-0.1, -0.05) is 64.5 Å². The van der Waals surface area contributed by atoms with Gasteiger partial charge >= 0.3 is 0 Å². The minimum absolute atomic E-state index is 0.0621. The second-order valence-electron chi connectivity index (χ2n) is 30.8. The van der Waals surface area contributed by atoms with Crippen LogP contribution in [0, 0.1) is 11.6 Å². The highest BCUT2D eigenvalue weighted by atomic mass is 79.9. The van der Waals surface area contributed by atoms with Crippen molar-refractivity contribution in [3.05, 3.63) is 214 Å². The summed E-state index contributed by atoms with van der Waals surface area (Å²) in [6.45, 7) is 14.1. The Balaban J connectivity index is 0.000000134. The van der Waals surface area contributed by atoms with E-state index < -0.39 is 53.4 Å². The van der Waals surface area contributed by atoms with Crippen molar-refractivity contribution in [3.63, 3.8) is 0 Å². The van der Waals surface area contributed by atoms with Crippen molar-refractivity contribution in [2.75, 3.05) is 111 Å². The smallest absolute Gasteiger partial charge is 0.262 e. The number of carbonyl (C=O) groups is 8. The van der Waals surface area contributed by atoms with Crippen molar-refractivity contribution in [1.29, 1.82) is 0 Å². The first-order valence-electron chi connectivity index (χ1n) is 39.4. The Hall–Kier alpha value is -11.6. The number of nitrogens with one attached hydrogen (secondary N) is 3. The fraction of sp³-hybridized carbons (Fsp3) is 0.357. The van der Waals surface area contributed by atoms with Gasteiger partial charge in [-0.3, -0.25) is 73.5 Å². The number of piperazine rings is 2. The normalized spacial score (nSPS) is 21.7. The number of nitrogens with zero attached hydrogens (tertiary/aromatic N) is 17. The highest BCUT2D eigenvalue weighted by molar-refractivity contribution is 9.08. The lowest BCUT2D eigenvalue weighted by molar-refractivity contribution is -0.137. The van der Waals surface area contributed by atoms with E-state index in [1.54, 1.807) is 54.6 Å². The number of aromatic nitrogens is 8. The maximum atomic E-state index is 14.1. The van der Waals surface area contributed by atoms with Crippen molar-refractivity contribution >= 4 is 97.8 Å². The van der Waals surface area contributed by atoms with Gasteiger partial charge in [0.15, 0.2) is 11.3 Å². The molecule has 4 aromatic carbocycles. The molecule has 10 aliphatic rings. The average Bonchev–Trinajstić information content (AvgIpc) is 1.63. The standard InChI is InChI=1S/C42H41FN10O4.C28H31FN8.C14H11BrN2O4/c43-28-5-1-4-27(21-28)33-7-3-15-51(33)38-13-12-36-44-22-35(53(36)47-38)32-6-2-8-37(45-32)50-18-16-49(17-19-50)29-24-48(25-29)23-26-9-10-30-31(20-26)42(57)52(41(30)56)34-11-14-39(54)46-40(34)55;29-21-5-1-4-20(16-21)24-7-3-11-36(24)28-10-9-26-31-19-25(37(26)33-28)23-6-2-8-27(32-23)35-14-12-34(13-15-35)22-17-30-18-22;15-6-7-1-2-8-9(5-7)14(21)17(13(8)20)10-3-4-11(18)16-12(10)19/h1-2,4-6,8-10,12-13,20-22,29,33-34H,3,7,11,14-19,23-25H2,(H,46,54,55);1-2,4-6,8-10,16,19,22,24,30H,3,7,11-15,17-18H2;1-2,5,10H,3-4,6H2,(H,16,18,19)/t33-,34?;24-;/m11./s1. The topological polar surface area (TPSA) is 288 Å². The second kappa shape index (κ2) is 31.6. The minimum Gasteiger partial charge on any atom is -0.354 e. The predicted molar refractivity (Wildman–Crippen MR) is 426 cm³/mol. The first-order chi connectivity index (χ1) is 56.0. The van der Waals surface area contributed by atoms with Crippen LogP contribution in [0.5, 0.6) is 0 Å². The lowest BCUT2D eigenvalue weighted by Crippen LogP contribution is -2.62. The first-order valence-corrected chi connectivity index (χ1v) is 40.5. The summed E-state index contributed by atoms with van der Waals surface area (Å²) in [5, 5.41) is 18.4. The van der Waals surface area contributed by atoms with E-state index in [2.05, 4.69) is 94.3 Å². The van der Waals surface area contributed by atoms with Crippen LogP contribution in [0.25, 0.3) is 34.1 Å². The molecule has 8 saturated heterocycles. The molecule has 0 aliphatic carbocycles. The molecule has 20 rings (SSSR count). The number of imidazole rings is 2. The van der Waals surface area contributed by atoms with Crippen LogP contribution < -0.4 is 35.6 Å². The zero-order valence-corrected chi connectivity index (χ0v) is 64.5. The Morgan fingerprint density at radius 3 is 1.34 bits per heavy atom. The molecule has 10 aliphatic heterocycles. The third-order valence-corrected chi connectivity index (χ3v) is 24.5. The molecule has 2 unspecified atom stereocenters. The quantitative estimate of drug-likeness (QED) is 0.0646. The SMILES string of the molecule is Fc1cccc([C@H]2CCCN2c2ccc3ncc(-c4cccc(N5CCN(C6CNC6)CC5)n4)n3n2)c1.O=C1CCC(N2C(=O)c3ccc(CBr)cc3C2=O)C(=O)N1.O=C1CCC(N2C(=O)c3ccc(CN4CC(N5CCN(c6cccc(-c7cnc8ccc(N9CCC[C@@H]9c9cccc(F)c9)nn78)n6)CC5)C4)cc3C2=O)C(=O)N1. The van der Waals surface area contributed by atoms with E-state index in [0.717, 1.165) is 207 Å². The molecule has 4 atom stereocenters. The number of hydrogen-bond acceptors (Lipinski definition) is 22. The summed E-state index contributed by atoms with van der Waals surface area (Å²) in [6.07, 6.45) is 8.17. The number of alkyl halides is 1. The van der Waals surface area contributed by atoms with Crippen LogP contribution in [0.15, 0.2) is 158 Å². The Bertz CT molecular complexity index is 5520. The summed E-state index contributed by atoms with van der Waals surface area (Å²) in [5.41, 5.74) is 9.86. The van der Waals surface area contributed by atoms with Gasteiger partial charge in [0.05, 0.1) is 58.1 Å². The maximum Gasteiger partial charge on any atom is 0.262 e. The molecule has 16 heterocycles. The van der Waals surface area contributed by atoms with Crippen molar-refractivity contribution in [2.24, 2.45) is 0 Å². The second-order valence-corrected chi connectivity index (χ2v) is 31.3. The first kappa shape index (κ1) is 74.8. The number of benzene rings is 4. The maximum absolute atomic E-state index is 14.1. The van der Waals surface area contributed by atoms with E-state index in [1.807, 2.05) is 82.1 Å². The van der Waals surface area contributed by atoms with E-state index in [0.29, 0.717) is 46.2 Å². The molecule has 6 aromatic heterocycles. The molecule has 0 radical (unpaired) electrons. The fourth-order valence-corrected chi connectivity index (χ4v) is 18.0. The van der Waals surface area contributed by atoms with Crippen LogP contribution in [0.2, 0.25) is 0 Å². The summed E-state index contributed by atoms with van der Waals surface area (Å²) >= 11 is 3.30. The van der Waals surface area contributed by atoms with Crippen molar-refractivity contribution in [3.8, 4) is 22.8 Å². The number of imide groups is 4. The van der Waals surface area contributed by atoms with Crippen LogP contribution >= 0.6 is 15.9 Å². The van der Waals surface area contributed by atoms with E-state index in [9.17, 15) is 47.1 Å². The van der Waals surface area contributed by atoms with E-state index in [1.165, 1.54) is 12.1 Å². The Kier molecular flexibility index (Phi) is 20.6.